The molecule has 1 unspecified atom stereocenters. The monoisotopic (exact) mass is 474 g/mol. The van der Waals surface area contributed by atoms with Gasteiger partial charge in [-0.1, -0.05) is 32.1 Å². The molecule has 1 aliphatic heterocycles. The number of nitrogens with zero attached hydrogens (tertiary/aromatic N) is 1. The number of hydrogen-bond acceptors (Lipinski definition) is 6. The number of carbonyl (C=O) groups excluding carboxylic acids is 2. The summed E-state index contributed by atoms with van der Waals surface area (Å²) < 4.78 is 19.3. The van der Waals surface area contributed by atoms with Crippen molar-refractivity contribution in [3.05, 3.63) is 47.3 Å². The van der Waals surface area contributed by atoms with Crippen LogP contribution in [-0.4, -0.2) is 35.8 Å². The first-order chi connectivity index (χ1) is 16.0. The normalized spacial score (nSPS) is 16.0. The summed E-state index contributed by atoms with van der Waals surface area (Å²) >= 11 is 0. The van der Waals surface area contributed by atoms with E-state index in [4.69, 9.17) is 4.74 Å². The van der Waals surface area contributed by atoms with Crippen LogP contribution in [0, 0.1) is 12.7 Å². The van der Waals surface area contributed by atoms with Crippen LogP contribution in [-0.2, 0) is 14.3 Å². The molecule has 0 aromatic heterocycles. The van der Waals surface area contributed by atoms with Crippen LogP contribution in [0.2, 0.25) is 0 Å². The van der Waals surface area contributed by atoms with E-state index < -0.39 is 11.6 Å². The van der Waals surface area contributed by atoms with Gasteiger partial charge in [-0.05, 0) is 77.7 Å². The SMILES string of the molecule is CC.CC(C)=O.Cc1cc(F)cc2c1N=C(NNC(=O)C(C)OCC1=CCCC=C1)C(C)(C)N2. The summed E-state index contributed by atoms with van der Waals surface area (Å²) in [5, 5.41) is 3.26. The number of anilines is 1. The molecule has 1 atom stereocenters. The molecule has 1 amide bonds. The fourth-order valence-corrected chi connectivity index (χ4v) is 3.10. The van der Waals surface area contributed by atoms with Gasteiger partial charge in [0.15, 0.2) is 0 Å². The summed E-state index contributed by atoms with van der Waals surface area (Å²) in [5.41, 5.74) is 8.03. The van der Waals surface area contributed by atoms with E-state index in [1.54, 1.807) is 13.8 Å². The first-order valence-electron chi connectivity index (χ1n) is 11.7. The lowest BCUT2D eigenvalue weighted by Crippen LogP contribution is -2.56. The van der Waals surface area contributed by atoms with Crippen molar-refractivity contribution in [3.8, 4) is 0 Å². The fourth-order valence-electron chi connectivity index (χ4n) is 3.10. The molecule has 3 N–H and O–H groups in total. The van der Waals surface area contributed by atoms with E-state index >= 15 is 0 Å². The lowest BCUT2D eigenvalue weighted by molar-refractivity contribution is -0.131. The lowest BCUT2D eigenvalue weighted by atomic mass is 9.99. The van der Waals surface area contributed by atoms with Crippen LogP contribution in [0.25, 0.3) is 0 Å². The van der Waals surface area contributed by atoms with Gasteiger partial charge < -0.3 is 14.8 Å². The Balaban J connectivity index is 0.000000872. The number of hydrazine groups is 1. The average molecular weight is 475 g/mol. The first kappa shape index (κ1) is 29.0. The molecule has 7 nitrogen and oxygen atoms in total. The van der Waals surface area contributed by atoms with Gasteiger partial charge in [0.1, 0.15) is 23.5 Å². The maximum atomic E-state index is 13.7. The van der Waals surface area contributed by atoms with Crippen LogP contribution in [0.5, 0.6) is 0 Å². The van der Waals surface area contributed by atoms with Gasteiger partial charge in [-0.25, -0.2) is 9.38 Å². The second-order valence-corrected chi connectivity index (χ2v) is 8.56. The molecule has 1 aromatic rings. The number of halogens is 1. The van der Waals surface area contributed by atoms with E-state index in [1.807, 2.05) is 33.8 Å². The summed E-state index contributed by atoms with van der Waals surface area (Å²) in [5.74, 6) is 0.0991. The molecule has 0 saturated carbocycles. The Bertz CT molecular complexity index is 948. The average Bonchev–Trinajstić information content (AvgIpc) is 2.77. The van der Waals surface area contributed by atoms with Crippen molar-refractivity contribution in [2.24, 2.45) is 4.99 Å². The molecule has 188 valence electrons. The van der Waals surface area contributed by atoms with Crippen molar-refractivity contribution in [1.82, 2.24) is 10.9 Å². The topological polar surface area (TPSA) is 91.8 Å². The smallest absolute Gasteiger partial charge is 0.267 e. The molecule has 3 rings (SSSR count). The second-order valence-electron chi connectivity index (χ2n) is 8.56. The van der Waals surface area contributed by atoms with Crippen molar-refractivity contribution in [2.75, 3.05) is 11.9 Å². The summed E-state index contributed by atoms with van der Waals surface area (Å²) in [6.45, 7) is 14.8. The molecule has 0 spiro atoms. The third-order valence-corrected chi connectivity index (χ3v) is 4.77. The van der Waals surface area contributed by atoms with Crippen LogP contribution in [0.15, 0.2) is 40.9 Å². The zero-order chi connectivity index (χ0) is 25.9. The quantitative estimate of drug-likeness (QED) is 0.516. The number of aliphatic imine (C=N–C) groups is 1. The molecule has 0 saturated heterocycles. The predicted octanol–water partition coefficient (Wildman–Crippen LogP) is 5.29. The van der Waals surface area contributed by atoms with Crippen LogP contribution >= 0.6 is 0 Å². The van der Waals surface area contributed by atoms with Gasteiger partial charge in [-0.3, -0.25) is 15.6 Å². The molecule has 0 radical (unpaired) electrons. The van der Waals surface area contributed by atoms with Crippen molar-refractivity contribution in [1.29, 1.82) is 0 Å². The number of amides is 1. The molecular weight excluding hydrogens is 435 g/mol. The second kappa shape index (κ2) is 13.6. The number of nitrogens with one attached hydrogen (secondary N) is 3. The molecular formula is C26H39FN4O3. The van der Waals surface area contributed by atoms with Crippen molar-refractivity contribution < 1.29 is 18.7 Å². The standard InChI is InChI=1S/C21H27FN4O2.C3H6O.C2H6/c1-13-10-16(22)11-17-18(13)23-20(21(3,4)24-17)26-25-19(27)14(2)28-12-15-8-6-5-7-9-15;1-3(2)4;1-2/h6,8-11,14,24H,5,7,12H2,1-4H3,(H,23,26)(H,25,27);1-2H3;1-2H3. The molecule has 1 aliphatic carbocycles. The third-order valence-electron chi connectivity index (χ3n) is 4.77. The van der Waals surface area contributed by atoms with E-state index in [0.717, 1.165) is 18.4 Å². The Morgan fingerprint density at radius 1 is 1.24 bits per heavy atom. The van der Waals surface area contributed by atoms with Crippen molar-refractivity contribution in [2.45, 2.75) is 79.9 Å². The van der Waals surface area contributed by atoms with Gasteiger partial charge in [0.2, 0.25) is 0 Å². The van der Waals surface area contributed by atoms with E-state index in [1.165, 1.54) is 26.0 Å². The highest BCUT2D eigenvalue weighted by atomic mass is 19.1. The summed E-state index contributed by atoms with van der Waals surface area (Å²) in [4.78, 5) is 26.4. The lowest BCUT2D eigenvalue weighted by Gasteiger charge is -2.34. The maximum absolute atomic E-state index is 13.7. The van der Waals surface area contributed by atoms with E-state index in [-0.39, 0.29) is 17.5 Å². The number of Topliss-reactive ketones (excluding diaryl/α,β-unsaturated/α-hetero) is 1. The molecule has 1 heterocycles. The van der Waals surface area contributed by atoms with Gasteiger partial charge in [-0.2, -0.15) is 0 Å². The summed E-state index contributed by atoms with van der Waals surface area (Å²) in [6.07, 6.45) is 7.69. The molecule has 34 heavy (non-hydrogen) atoms. The van der Waals surface area contributed by atoms with Gasteiger partial charge >= 0.3 is 0 Å². The van der Waals surface area contributed by atoms with Crippen molar-refractivity contribution in [3.63, 3.8) is 0 Å². The highest BCUT2D eigenvalue weighted by Gasteiger charge is 2.31. The molecule has 2 aliphatic rings. The fraction of sp³-hybridized carbons (Fsp3) is 0.500. The van der Waals surface area contributed by atoms with Gasteiger partial charge in [0.05, 0.1) is 23.5 Å². The number of ketones is 1. The number of amidine groups is 1. The van der Waals surface area contributed by atoms with E-state index in [0.29, 0.717) is 29.4 Å². The van der Waals surface area contributed by atoms with E-state index in [9.17, 15) is 14.0 Å². The minimum atomic E-state index is -0.618. The van der Waals surface area contributed by atoms with Crippen LogP contribution in [0.3, 0.4) is 0 Å². The van der Waals surface area contributed by atoms with Gasteiger partial charge in [-0.15, -0.1) is 0 Å². The molecule has 0 bridgehead atoms. The van der Waals surface area contributed by atoms with Crippen LogP contribution < -0.4 is 16.2 Å². The number of carbonyl (C=O) groups is 2. The summed E-state index contributed by atoms with van der Waals surface area (Å²) in [7, 11) is 0. The largest absolute Gasteiger partial charge is 0.371 e. The predicted molar refractivity (Wildman–Crippen MR) is 137 cm³/mol. The number of aryl methyl sites for hydroxylation is 1. The number of fused-ring (bicyclic) bond motifs is 1. The van der Waals surface area contributed by atoms with E-state index in [2.05, 4.69) is 33.3 Å². The molecule has 8 heteroatoms. The molecule has 0 fully saturated rings. The number of benzene rings is 1. The Hall–Kier alpha value is -3.00. The Morgan fingerprint density at radius 2 is 1.88 bits per heavy atom. The Labute approximate surface area is 202 Å². The Morgan fingerprint density at radius 3 is 2.47 bits per heavy atom. The highest BCUT2D eigenvalue weighted by Crippen LogP contribution is 2.36. The number of hydrogen-bond donors (Lipinski definition) is 3. The zero-order valence-electron chi connectivity index (χ0n) is 21.6. The number of rotatable bonds is 4. The number of allylic oxidation sites excluding steroid dienone is 2. The first-order valence-corrected chi connectivity index (χ1v) is 11.7. The maximum Gasteiger partial charge on any atom is 0.267 e. The third kappa shape index (κ3) is 9.09. The van der Waals surface area contributed by atoms with Crippen LogP contribution in [0.4, 0.5) is 15.8 Å². The minimum absolute atomic E-state index is 0.167. The minimum Gasteiger partial charge on any atom is -0.371 e. The van der Waals surface area contributed by atoms with Gasteiger partial charge in [0, 0.05) is 0 Å². The summed E-state index contributed by atoms with van der Waals surface area (Å²) in [6, 6.07) is 2.86. The molecule has 1 aromatic carbocycles. The number of ether oxygens (including phenoxy) is 1. The highest BCUT2D eigenvalue weighted by molar-refractivity contribution is 6.01. The van der Waals surface area contributed by atoms with Crippen LogP contribution in [0.1, 0.15) is 66.9 Å². The zero-order valence-corrected chi connectivity index (χ0v) is 21.6. The van der Waals surface area contributed by atoms with Gasteiger partial charge in [0.25, 0.3) is 5.91 Å². The Kier molecular flexibility index (Phi) is 11.7. The van der Waals surface area contributed by atoms with Crippen molar-refractivity contribution >= 4 is 28.9 Å².